The van der Waals surface area contributed by atoms with Crippen molar-refractivity contribution in [2.45, 2.75) is 142 Å². The number of unbranched alkanes of at least 4 members (excludes halogenated alkanes) is 12. The van der Waals surface area contributed by atoms with E-state index in [1.165, 1.54) is 70.6 Å². The first kappa shape index (κ1) is 27.2. The molecule has 0 aromatic carbocycles. The number of carbonyl (C=O) groups excluding carboxylic acids is 1. The van der Waals surface area contributed by atoms with Gasteiger partial charge in [-0.3, -0.25) is 5.32 Å². The van der Waals surface area contributed by atoms with Gasteiger partial charge in [-0.25, -0.2) is 4.79 Å². The van der Waals surface area contributed by atoms with Gasteiger partial charge in [0.25, 0.3) is 0 Å². The predicted molar refractivity (Wildman–Crippen MR) is 116 cm³/mol. The summed E-state index contributed by atoms with van der Waals surface area (Å²) in [5.74, 6) is 0. The third kappa shape index (κ3) is 19.9. The molecule has 28 heavy (non-hydrogen) atoms. The molecule has 0 radical (unpaired) electrons. The van der Waals surface area contributed by atoms with Gasteiger partial charge < -0.3 is 14.9 Å². The third-order valence-corrected chi connectivity index (χ3v) is 4.82. The summed E-state index contributed by atoms with van der Waals surface area (Å²) in [5.41, 5.74) is -0.600. The van der Waals surface area contributed by atoms with Crippen molar-refractivity contribution in [1.82, 2.24) is 5.32 Å². The lowest BCUT2D eigenvalue weighted by atomic mass is 10.0. The highest BCUT2D eigenvalue weighted by Gasteiger charge is 2.19. The number of amides is 1. The molecule has 0 spiro atoms. The molecule has 0 saturated heterocycles. The molecule has 0 rings (SSSR count). The van der Waals surface area contributed by atoms with Crippen LogP contribution in [0.15, 0.2) is 0 Å². The highest BCUT2D eigenvalue weighted by Crippen LogP contribution is 2.14. The van der Waals surface area contributed by atoms with E-state index in [4.69, 9.17) is 4.74 Å². The van der Waals surface area contributed by atoms with Crippen LogP contribution in [-0.4, -0.2) is 34.2 Å². The number of hydrogen-bond donors (Lipinski definition) is 3. The molecular formula is C23H47NO4. The largest absolute Gasteiger partial charge is 0.444 e. The zero-order valence-corrected chi connectivity index (χ0v) is 19.0. The zero-order valence-electron chi connectivity index (χ0n) is 19.0. The maximum absolute atomic E-state index is 11.6. The Kier molecular flexibility index (Phi) is 16.6. The first-order chi connectivity index (χ1) is 13.2. The topological polar surface area (TPSA) is 78.8 Å². The van der Waals surface area contributed by atoms with Crippen LogP contribution in [0.3, 0.4) is 0 Å². The Morgan fingerprint density at radius 1 is 0.821 bits per heavy atom. The number of hydrogen-bond acceptors (Lipinski definition) is 4. The molecule has 1 amide bonds. The normalized spacial score (nSPS) is 13.9. The van der Waals surface area contributed by atoms with Gasteiger partial charge in [0.05, 0.1) is 6.10 Å². The van der Waals surface area contributed by atoms with Gasteiger partial charge in [0.1, 0.15) is 11.8 Å². The Morgan fingerprint density at radius 2 is 1.25 bits per heavy atom. The minimum Gasteiger partial charge on any atom is -0.444 e. The number of alkyl carbamates (subject to hydrolysis) is 1. The van der Waals surface area contributed by atoms with Gasteiger partial charge in [-0.15, -0.1) is 0 Å². The highest BCUT2D eigenvalue weighted by atomic mass is 16.6. The van der Waals surface area contributed by atoms with Crippen LogP contribution in [0.5, 0.6) is 0 Å². The average Bonchev–Trinajstić information content (AvgIpc) is 2.57. The van der Waals surface area contributed by atoms with E-state index in [0.717, 1.165) is 12.8 Å². The summed E-state index contributed by atoms with van der Waals surface area (Å²) in [5, 5.41) is 22.2. The second kappa shape index (κ2) is 17.1. The molecule has 0 aromatic heterocycles. The molecule has 5 nitrogen and oxygen atoms in total. The van der Waals surface area contributed by atoms with E-state index in [9.17, 15) is 15.0 Å². The summed E-state index contributed by atoms with van der Waals surface area (Å²) < 4.78 is 5.08. The van der Waals surface area contributed by atoms with Gasteiger partial charge in [-0.05, 0) is 27.2 Å². The van der Waals surface area contributed by atoms with Crippen molar-refractivity contribution >= 4 is 6.09 Å². The van der Waals surface area contributed by atoms with Crippen LogP contribution in [0.25, 0.3) is 0 Å². The van der Waals surface area contributed by atoms with Crippen molar-refractivity contribution in [2.24, 2.45) is 0 Å². The predicted octanol–water partition coefficient (Wildman–Crippen LogP) is 6.06. The zero-order chi connectivity index (χ0) is 21.3. The van der Waals surface area contributed by atoms with Crippen LogP contribution in [-0.2, 0) is 4.74 Å². The van der Waals surface area contributed by atoms with Crippen molar-refractivity contribution in [3.05, 3.63) is 0 Å². The summed E-state index contributed by atoms with van der Waals surface area (Å²) in [4.78, 5) is 11.6. The molecule has 0 heterocycles. The SMILES string of the molecule is CCCCCCCCCCCCCCC[C@@H](O)C[C@H](O)NC(=O)OC(C)(C)C. The quantitative estimate of drug-likeness (QED) is 0.204. The first-order valence-corrected chi connectivity index (χ1v) is 11.6. The fourth-order valence-electron chi connectivity index (χ4n) is 3.28. The molecule has 0 aliphatic heterocycles. The summed E-state index contributed by atoms with van der Waals surface area (Å²) in [6.07, 6.45) is 15.3. The van der Waals surface area contributed by atoms with Crippen LogP contribution >= 0.6 is 0 Å². The summed E-state index contributed by atoms with van der Waals surface area (Å²) in [6.45, 7) is 7.56. The highest BCUT2D eigenvalue weighted by molar-refractivity contribution is 5.67. The van der Waals surface area contributed by atoms with Gasteiger partial charge in [-0.1, -0.05) is 90.4 Å². The molecule has 0 aliphatic rings. The second-order valence-corrected chi connectivity index (χ2v) is 9.08. The van der Waals surface area contributed by atoms with Gasteiger partial charge in [0.2, 0.25) is 0 Å². The summed E-state index contributed by atoms with van der Waals surface area (Å²) >= 11 is 0. The van der Waals surface area contributed by atoms with Crippen molar-refractivity contribution in [1.29, 1.82) is 0 Å². The van der Waals surface area contributed by atoms with Crippen LogP contribution in [0.2, 0.25) is 0 Å². The third-order valence-electron chi connectivity index (χ3n) is 4.82. The van der Waals surface area contributed by atoms with Gasteiger partial charge in [-0.2, -0.15) is 0 Å². The molecule has 0 fully saturated rings. The van der Waals surface area contributed by atoms with Crippen LogP contribution in [0.4, 0.5) is 4.79 Å². The lowest BCUT2D eigenvalue weighted by molar-refractivity contribution is 0.0213. The molecular weight excluding hydrogens is 354 g/mol. The maximum atomic E-state index is 11.6. The van der Waals surface area contributed by atoms with E-state index in [2.05, 4.69) is 12.2 Å². The molecule has 2 atom stereocenters. The molecule has 0 bridgehead atoms. The molecule has 168 valence electrons. The molecule has 5 heteroatoms. The van der Waals surface area contributed by atoms with Gasteiger partial charge >= 0.3 is 6.09 Å². The van der Waals surface area contributed by atoms with Crippen molar-refractivity contribution in [3.63, 3.8) is 0 Å². The van der Waals surface area contributed by atoms with Crippen LogP contribution in [0, 0.1) is 0 Å². The maximum Gasteiger partial charge on any atom is 0.409 e. The Balaban J connectivity index is 3.45. The van der Waals surface area contributed by atoms with E-state index in [0.29, 0.717) is 6.42 Å². The first-order valence-electron chi connectivity index (χ1n) is 11.6. The average molecular weight is 402 g/mol. The van der Waals surface area contributed by atoms with Crippen molar-refractivity contribution in [3.8, 4) is 0 Å². The number of ether oxygens (including phenoxy) is 1. The summed E-state index contributed by atoms with van der Waals surface area (Å²) in [7, 11) is 0. The standard InChI is InChI=1S/C23H47NO4/c1-5-6-7-8-9-10-11-12-13-14-15-16-17-18-20(25)19-21(26)24-22(27)28-23(2,3)4/h20-21,25-26H,5-19H2,1-4H3,(H,24,27)/t20-,21+/m1/s1. The minimum absolute atomic E-state index is 0.136. The number of aliphatic hydroxyl groups excluding tert-OH is 2. The van der Waals surface area contributed by atoms with Crippen LogP contribution in [0.1, 0.15) is 124 Å². The Labute approximate surface area is 173 Å². The van der Waals surface area contributed by atoms with E-state index in [1.807, 2.05) is 0 Å². The second-order valence-electron chi connectivity index (χ2n) is 9.08. The van der Waals surface area contributed by atoms with Gasteiger partial charge in [0, 0.05) is 6.42 Å². The van der Waals surface area contributed by atoms with Crippen molar-refractivity contribution < 1.29 is 19.7 Å². The molecule has 0 aromatic rings. The summed E-state index contributed by atoms with van der Waals surface area (Å²) in [6, 6.07) is 0. The molecule has 0 saturated carbocycles. The van der Waals surface area contributed by atoms with E-state index >= 15 is 0 Å². The number of aliphatic hydroxyl groups is 2. The Morgan fingerprint density at radius 3 is 1.68 bits per heavy atom. The van der Waals surface area contributed by atoms with Crippen LogP contribution < -0.4 is 5.32 Å². The fourth-order valence-corrected chi connectivity index (χ4v) is 3.28. The minimum atomic E-state index is -1.08. The van der Waals surface area contributed by atoms with E-state index in [-0.39, 0.29) is 6.42 Å². The molecule has 0 unspecified atom stereocenters. The fraction of sp³-hybridized carbons (Fsp3) is 0.957. The number of rotatable bonds is 17. The lowest BCUT2D eigenvalue weighted by Crippen LogP contribution is -2.40. The number of carbonyl (C=O) groups is 1. The Bertz CT molecular complexity index is 368. The van der Waals surface area contributed by atoms with E-state index < -0.39 is 24.0 Å². The molecule has 3 N–H and O–H groups in total. The lowest BCUT2D eigenvalue weighted by Gasteiger charge is -2.22. The molecule has 0 aliphatic carbocycles. The smallest absolute Gasteiger partial charge is 0.409 e. The van der Waals surface area contributed by atoms with Gasteiger partial charge in [0.15, 0.2) is 0 Å². The van der Waals surface area contributed by atoms with E-state index in [1.54, 1.807) is 20.8 Å². The van der Waals surface area contributed by atoms with Crippen molar-refractivity contribution in [2.75, 3.05) is 0 Å². The monoisotopic (exact) mass is 401 g/mol. The Hall–Kier alpha value is -0.810. The number of nitrogens with one attached hydrogen (secondary N) is 1.